The SMILES string of the molecule is COc1ccc2c(c1)CCN(c1cc(NCCO)nc(C3CC3)n1)C2. The van der Waals surface area contributed by atoms with Crippen LogP contribution in [-0.2, 0) is 13.0 Å². The fraction of sp³-hybridized carbons (Fsp3) is 0.474. The molecular weight excluding hydrogens is 316 g/mol. The van der Waals surface area contributed by atoms with Gasteiger partial charge in [0.1, 0.15) is 23.2 Å². The smallest absolute Gasteiger partial charge is 0.136 e. The number of methoxy groups -OCH3 is 1. The van der Waals surface area contributed by atoms with Crippen molar-refractivity contribution >= 4 is 11.6 Å². The third-order valence-corrected chi connectivity index (χ3v) is 4.84. The number of nitrogens with zero attached hydrogens (tertiary/aromatic N) is 3. The van der Waals surface area contributed by atoms with Gasteiger partial charge >= 0.3 is 0 Å². The number of aliphatic hydroxyl groups is 1. The first-order valence-corrected chi connectivity index (χ1v) is 8.91. The maximum Gasteiger partial charge on any atom is 0.136 e. The maximum absolute atomic E-state index is 9.06. The van der Waals surface area contributed by atoms with Gasteiger partial charge in [0.2, 0.25) is 0 Å². The van der Waals surface area contributed by atoms with Crippen LogP contribution in [0.1, 0.15) is 35.7 Å². The molecule has 2 aliphatic rings. The number of fused-ring (bicyclic) bond motifs is 1. The van der Waals surface area contributed by atoms with Crippen LogP contribution < -0.4 is 15.0 Å². The van der Waals surface area contributed by atoms with Crippen LogP contribution in [0.5, 0.6) is 5.75 Å². The molecule has 0 atom stereocenters. The van der Waals surface area contributed by atoms with Gasteiger partial charge in [-0.2, -0.15) is 0 Å². The standard InChI is InChI=1S/C19H24N4O2/c1-25-16-5-4-15-12-23(8-6-14(15)10-16)18-11-17(20-7-9-24)21-19(22-18)13-2-3-13/h4-5,10-11,13,24H,2-3,6-9,12H2,1H3,(H,20,21,22). The van der Waals surface area contributed by atoms with Gasteiger partial charge < -0.3 is 20.1 Å². The van der Waals surface area contributed by atoms with E-state index in [0.29, 0.717) is 12.5 Å². The Morgan fingerprint density at radius 3 is 2.88 bits per heavy atom. The van der Waals surface area contributed by atoms with Crippen molar-refractivity contribution in [2.45, 2.75) is 31.7 Å². The van der Waals surface area contributed by atoms with Crippen molar-refractivity contribution in [3.8, 4) is 5.75 Å². The molecular formula is C19H24N4O2. The number of hydrogen-bond donors (Lipinski definition) is 2. The second-order valence-corrected chi connectivity index (χ2v) is 6.70. The number of benzene rings is 1. The summed E-state index contributed by atoms with van der Waals surface area (Å²) in [5.41, 5.74) is 2.68. The van der Waals surface area contributed by atoms with Gasteiger partial charge in [0.15, 0.2) is 0 Å². The summed E-state index contributed by atoms with van der Waals surface area (Å²) in [5.74, 6) is 4.12. The van der Waals surface area contributed by atoms with Gasteiger partial charge in [0.25, 0.3) is 0 Å². The van der Waals surface area contributed by atoms with E-state index in [9.17, 15) is 0 Å². The number of aromatic nitrogens is 2. The average molecular weight is 340 g/mol. The Kier molecular flexibility index (Phi) is 4.44. The van der Waals surface area contributed by atoms with Crippen molar-refractivity contribution in [2.75, 3.05) is 37.0 Å². The molecule has 4 rings (SSSR count). The summed E-state index contributed by atoms with van der Waals surface area (Å²) >= 11 is 0. The summed E-state index contributed by atoms with van der Waals surface area (Å²) in [7, 11) is 1.71. The average Bonchev–Trinajstić information content (AvgIpc) is 3.50. The van der Waals surface area contributed by atoms with Gasteiger partial charge in [-0.3, -0.25) is 0 Å². The van der Waals surface area contributed by atoms with Crippen molar-refractivity contribution in [1.29, 1.82) is 0 Å². The number of rotatable bonds is 6. The predicted octanol–water partition coefficient (Wildman–Crippen LogP) is 2.33. The third-order valence-electron chi connectivity index (χ3n) is 4.84. The molecule has 1 aliphatic carbocycles. The first-order chi connectivity index (χ1) is 12.3. The highest BCUT2D eigenvalue weighted by molar-refractivity contribution is 5.52. The number of hydrogen-bond acceptors (Lipinski definition) is 6. The highest BCUT2D eigenvalue weighted by Gasteiger charge is 2.28. The van der Waals surface area contributed by atoms with E-state index in [4.69, 9.17) is 14.8 Å². The second-order valence-electron chi connectivity index (χ2n) is 6.70. The first kappa shape index (κ1) is 16.1. The molecule has 6 heteroatoms. The van der Waals surface area contributed by atoms with Crippen LogP contribution in [0.15, 0.2) is 24.3 Å². The molecule has 0 spiro atoms. The van der Waals surface area contributed by atoms with Gasteiger partial charge in [0, 0.05) is 31.6 Å². The minimum absolute atomic E-state index is 0.0943. The molecule has 2 N–H and O–H groups in total. The number of anilines is 2. The zero-order valence-electron chi connectivity index (χ0n) is 14.5. The summed E-state index contributed by atoms with van der Waals surface area (Å²) < 4.78 is 5.33. The molecule has 0 bridgehead atoms. The lowest BCUT2D eigenvalue weighted by molar-refractivity contribution is 0.311. The second kappa shape index (κ2) is 6.88. The molecule has 1 aliphatic heterocycles. The quantitative estimate of drug-likeness (QED) is 0.841. The third kappa shape index (κ3) is 3.54. The van der Waals surface area contributed by atoms with Crippen LogP contribution in [-0.4, -0.2) is 41.9 Å². The van der Waals surface area contributed by atoms with Crippen molar-refractivity contribution in [3.63, 3.8) is 0 Å². The van der Waals surface area contributed by atoms with E-state index in [-0.39, 0.29) is 6.61 Å². The molecule has 0 amide bonds. The van der Waals surface area contributed by atoms with Gasteiger partial charge in [-0.1, -0.05) is 6.07 Å². The maximum atomic E-state index is 9.06. The zero-order valence-corrected chi connectivity index (χ0v) is 14.5. The fourth-order valence-electron chi connectivity index (χ4n) is 3.27. The Morgan fingerprint density at radius 1 is 1.24 bits per heavy atom. The lowest BCUT2D eigenvalue weighted by atomic mass is 9.99. The Labute approximate surface area is 147 Å². The van der Waals surface area contributed by atoms with Crippen LogP contribution in [0.25, 0.3) is 0 Å². The molecule has 2 heterocycles. The number of aliphatic hydroxyl groups excluding tert-OH is 1. The Hall–Kier alpha value is -2.34. The van der Waals surface area contributed by atoms with Crippen molar-refractivity contribution in [3.05, 3.63) is 41.2 Å². The van der Waals surface area contributed by atoms with Crippen LogP contribution in [0, 0.1) is 0 Å². The Morgan fingerprint density at radius 2 is 2.12 bits per heavy atom. The van der Waals surface area contributed by atoms with Crippen molar-refractivity contribution in [2.24, 2.45) is 0 Å². The number of nitrogens with one attached hydrogen (secondary N) is 1. The van der Waals surface area contributed by atoms with E-state index in [2.05, 4.69) is 27.3 Å². The van der Waals surface area contributed by atoms with E-state index >= 15 is 0 Å². The van der Waals surface area contributed by atoms with Crippen LogP contribution >= 0.6 is 0 Å². The minimum Gasteiger partial charge on any atom is -0.497 e. The molecule has 25 heavy (non-hydrogen) atoms. The predicted molar refractivity (Wildman–Crippen MR) is 97.3 cm³/mol. The zero-order chi connectivity index (χ0) is 17.2. The number of ether oxygens (including phenoxy) is 1. The normalized spacial score (nSPS) is 16.5. The van der Waals surface area contributed by atoms with Gasteiger partial charge in [0.05, 0.1) is 13.7 Å². The van der Waals surface area contributed by atoms with Gasteiger partial charge in [-0.25, -0.2) is 9.97 Å². The monoisotopic (exact) mass is 340 g/mol. The molecule has 0 unspecified atom stereocenters. The molecule has 0 radical (unpaired) electrons. The fourth-order valence-corrected chi connectivity index (χ4v) is 3.27. The van der Waals surface area contributed by atoms with E-state index in [1.807, 2.05) is 12.1 Å². The van der Waals surface area contributed by atoms with Crippen LogP contribution in [0.4, 0.5) is 11.6 Å². The largest absolute Gasteiger partial charge is 0.497 e. The van der Waals surface area contributed by atoms with Crippen molar-refractivity contribution in [1.82, 2.24) is 9.97 Å². The van der Waals surface area contributed by atoms with E-state index in [0.717, 1.165) is 42.7 Å². The first-order valence-electron chi connectivity index (χ1n) is 8.91. The van der Waals surface area contributed by atoms with Crippen molar-refractivity contribution < 1.29 is 9.84 Å². The molecule has 1 saturated carbocycles. The summed E-state index contributed by atoms with van der Waals surface area (Å²) in [6.45, 7) is 2.38. The molecule has 1 aromatic carbocycles. The van der Waals surface area contributed by atoms with Gasteiger partial charge in [-0.05, 0) is 42.5 Å². The minimum atomic E-state index is 0.0943. The molecule has 1 aromatic heterocycles. The Balaban J connectivity index is 1.59. The van der Waals surface area contributed by atoms with E-state index < -0.39 is 0 Å². The molecule has 132 valence electrons. The summed E-state index contributed by atoms with van der Waals surface area (Å²) in [6, 6.07) is 8.30. The van der Waals surface area contributed by atoms with E-state index in [1.54, 1.807) is 7.11 Å². The highest BCUT2D eigenvalue weighted by Crippen LogP contribution is 2.39. The molecule has 0 saturated heterocycles. The Bertz CT molecular complexity index is 761. The summed E-state index contributed by atoms with van der Waals surface area (Å²) in [4.78, 5) is 11.8. The topological polar surface area (TPSA) is 70.5 Å². The summed E-state index contributed by atoms with van der Waals surface area (Å²) in [6.07, 6.45) is 3.33. The molecule has 1 fully saturated rings. The molecule has 2 aromatic rings. The van der Waals surface area contributed by atoms with Crippen LogP contribution in [0.2, 0.25) is 0 Å². The lowest BCUT2D eigenvalue weighted by Gasteiger charge is -2.30. The lowest BCUT2D eigenvalue weighted by Crippen LogP contribution is -2.31. The van der Waals surface area contributed by atoms with E-state index in [1.165, 1.54) is 24.0 Å². The molecule has 6 nitrogen and oxygen atoms in total. The highest BCUT2D eigenvalue weighted by atomic mass is 16.5. The summed E-state index contributed by atoms with van der Waals surface area (Å²) in [5, 5.41) is 12.2. The van der Waals surface area contributed by atoms with Gasteiger partial charge in [-0.15, -0.1) is 0 Å². The van der Waals surface area contributed by atoms with Crippen LogP contribution in [0.3, 0.4) is 0 Å².